The minimum Gasteiger partial charge on any atom is -0.493 e. The summed E-state index contributed by atoms with van der Waals surface area (Å²) >= 11 is 0. The van der Waals surface area contributed by atoms with Crippen molar-refractivity contribution in [1.82, 2.24) is 9.78 Å². The number of hydrogen-bond donors (Lipinski definition) is 1. The zero-order valence-corrected chi connectivity index (χ0v) is 14.0. The van der Waals surface area contributed by atoms with Gasteiger partial charge in [0.05, 0.1) is 11.1 Å². The van der Waals surface area contributed by atoms with Crippen LogP contribution < -0.4 is 0 Å². The van der Waals surface area contributed by atoms with Gasteiger partial charge in [0.15, 0.2) is 0 Å². The van der Waals surface area contributed by atoms with Gasteiger partial charge < -0.3 is 5.11 Å². The van der Waals surface area contributed by atoms with E-state index in [1.54, 1.807) is 4.68 Å². The summed E-state index contributed by atoms with van der Waals surface area (Å²) in [4.78, 5) is 0. The second-order valence-electron chi connectivity index (χ2n) is 6.86. The first-order valence-corrected chi connectivity index (χ1v) is 7.83. The highest BCUT2D eigenvalue weighted by molar-refractivity contribution is 5.84. The Labute approximate surface area is 137 Å². The largest absolute Gasteiger partial charge is 0.493 e. The van der Waals surface area contributed by atoms with Gasteiger partial charge in [-0.05, 0) is 33.3 Å². The molecule has 3 rings (SSSR count). The molecule has 0 bridgehead atoms. The maximum Gasteiger partial charge on any atom is 0.218 e. The van der Waals surface area contributed by atoms with E-state index >= 15 is 0 Å². The Balaban J connectivity index is 2.28. The molecule has 0 unspecified atom stereocenters. The Kier molecular flexibility index (Phi) is 3.72. The molecule has 0 spiro atoms. The normalized spacial score (nSPS) is 11.7. The predicted octanol–water partition coefficient (Wildman–Crippen LogP) is 4.99. The molecule has 1 heterocycles. The maximum atomic E-state index is 10.8. The summed E-state index contributed by atoms with van der Waals surface area (Å²) in [6.45, 7) is 8.16. The highest BCUT2D eigenvalue weighted by Gasteiger charge is 2.26. The third kappa shape index (κ3) is 2.87. The van der Waals surface area contributed by atoms with Crippen LogP contribution in [0, 0.1) is 6.92 Å². The van der Waals surface area contributed by atoms with Crippen molar-refractivity contribution in [3.63, 3.8) is 0 Å². The van der Waals surface area contributed by atoms with Gasteiger partial charge in [0.1, 0.15) is 5.69 Å². The van der Waals surface area contributed by atoms with Crippen molar-refractivity contribution in [2.45, 2.75) is 33.2 Å². The minimum absolute atomic E-state index is 0.209. The van der Waals surface area contributed by atoms with Crippen LogP contribution in [0.5, 0.6) is 5.88 Å². The average molecular weight is 306 g/mol. The zero-order valence-electron chi connectivity index (χ0n) is 14.0. The highest BCUT2D eigenvalue weighted by Crippen LogP contribution is 2.40. The maximum absolute atomic E-state index is 10.8. The molecule has 2 aromatic carbocycles. The highest BCUT2D eigenvalue weighted by atomic mass is 16.3. The summed E-state index contributed by atoms with van der Waals surface area (Å²) in [5.41, 5.74) is 4.46. The second-order valence-corrected chi connectivity index (χ2v) is 6.86. The molecule has 0 fully saturated rings. The number of nitrogens with zero attached hydrogens (tertiary/aromatic N) is 2. The number of hydrogen-bond acceptors (Lipinski definition) is 2. The van der Waals surface area contributed by atoms with E-state index in [9.17, 15) is 5.11 Å². The van der Waals surface area contributed by atoms with Crippen molar-refractivity contribution in [2.75, 3.05) is 0 Å². The SMILES string of the molecule is Cc1ccc(-c2c(-c3ccccc3)nn(C(C)(C)C)c2O)cc1. The van der Waals surface area contributed by atoms with Crippen LogP contribution in [0.2, 0.25) is 0 Å². The Morgan fingerprint density at radius 3 is 2.04 bits per heavy atom. The Hall–Kier alpha value is -2.55. The lowest BCUT2D eigenvalue weighted by Gasteiger charge is -2.20. The van der Waals surface area contributed by atoms with Crippen LogP contribution in [0.4, 0.5) is 0 Å². The van der Waals surface area contributed by atoms with Crippen molar-refractivity contribution in [2.24, 2.45) is 0 Å². The van der Waals surface area contributed by atoms with E-state index in [-0.39, 0.29) is 11.4 Å². The molecule has 0 amide bonds. The predicted molar refractivity (Wildman–Crippen MR) is 94.5 cm³/mol. The molecule has 118 valence electrons. The number of rotatable bonds is 2. The van der Waals surface area contributed by atoms with Gasteiger partial charge in [-0.25, -0.2) is 4.68 Å². The van der Waals surface area contributed by atoms with Gasteiger partial charge in [0.2, 0.25) is 5.88 Å². The number of aryl methyl sites for hydroxylation is 1. The van der Waals surface area contributed by atoms with Gasteiger partial charge >= 0.3 is 0 Å². The first-order valence-electron chi connectivity index (χ1n) is 7.83. The van der Waals surface area contributed by atoms with Crippen LogP contribution in [0.3, 0.4) is 0 Å². The molecule has 0 saturated heterocycles. The molecule has 0 radical (unpaired) electrons. The fraction of sp³-hybridized carbons (Fsp3) is 0.250. The molecule has 0 atom stereocenters. The summed E-state index contributed by atoms with van der Waals surface area (Å²) < 4.78 is 1.70. The van der Waals surface area contributed by atoms with Gasteiger partial charge in [0.25, 0.3) is 0 Å². The van der Waals surface area contributed by atoms with Crippen molar-refractivity contribution >= 4 is 0 Å². The van der Waals surface area contributed by atoms with E-state index in [0.29, 0.717) is 0 Å². The van der Waals surface area contributed by atoms with Crippen LogP contribution in [-0.2, 0) is 5.54 Å². The van der Waals surface area contributed by atoms with E-state index in [0.717, 1.165) is 22.4 Å². The van der Waals surface area contributed by atoms with E-state index in [2.05, 4.69) is 19.1 Å². The zero-order chi connectivity index (χ0) is 16.6. The summed E-state index contributed by atoms with van der Waals surface area (Å²) in [5.74, 6) is 0.209. The Morgan fingerprint density at radius 1 is 0.870 bits per heavy atom. The van der Waals surface area contributed by atoms with E-state index in [4.69, 9.17) is 5.10 Å². The number of benzene rings is 2. The molecule has 0 aliphatic carbocycles. The quantitative estimate of drug-likeness (QED) is 0.724. The van der Waals surface area contributed by atoms with Gasteiger partial charge in [-0.3, -0.25) is 0 Å². The lowest BCUT2D eigenvalue weighted by atomic mass is 10.00. The molecular weight excluding hydrogens is 284 g/mol. The first kappa shape index (κ1) is 15.3. The lowest BCUT2D eigenvalue weighted by Crippen LogP contribution is -2.22. The van der Waals surface area contributed by atoms with Gasteiger partial charge in [0, 0.05) is 5.56 Å². The third-order valence-electron chi connectivity index (χ3n) is 3.88. The topological polar surface area (TPSA) is 38.0 Å². The average Bonchev–Trinajstić information content (AvgIpc) is 2.87. The number of aromatic nitrogens is 2. The van der Waals surface area contributed by atoms with Crippen molar-refractivity contribution < 1.29 is 5.11 Å². The molecule has 0 aliphatic heterocycles. The van der Waals surface area contributed by atoms with E-state index in [1.807, 2.05) is 63.2 Å². The molecule has 3 aromatic rings. The minimum atomic E-state index is -0.295. The van der Waals surface area contributed by atoms with Gasteiger partial charge in [-0.1, -0.05) is 60.2 Å². The standard InChI is InChI=1S/C20H22N2O/c1-14-10-12-15(13-11-14)17-18(16-8-6-5-7-9-16)21-22(19(17)23)20(2,3)4/h5-13,23H,1-4H3. The molecule has 1 aromatic heterocycles. The van der Waals surface area contributed by atoms with Gasteiger partial charge in [-0.2, -0.15) is 5.10 Å². The Bertz CT molecular complexity index is 809. The molecule has 3 nitrogen and oxygen atoms in total. The summed E-state index contributed by atoms with van der Waals surface area (Å²) in [6, 6.07) is 18.2. The Morgan fingerprint density at radius 2 is 1.48 bits per heavy atom. The molecule has 0 aliphatic rings. The second kappa shape index (κ2) is 5.58. The fourth-order valence-electron chi connectivity index (χ4n) is 2.66. The first-order chi connectivity index (χ1) is 10.9. The summed E-state index contributed by atoms with van der Waals surface area (Å²) in [6.07, 6.45) is 0. The monoisotopic (exact) mass is 306 g/mol. The third-order valence-corrected chi connectivity index (χ3v) is 3.88. The molecule has 1 N–H and O–H groups in total. The summed E-state index contributed by atoms with van der Waals surface area (Å²) in [7, 11) is 0. The molecule has 23 heavy (non-hydrogen) atoms. The fourth-order valence-corrected chi connectivity index (χ4v) is 2.66. The number of aromatic hydroxyl groups is 1. The molecule has 0 saturated carbocycles. The van der Waals surface area contributed by atoms with Crippen LogP contribution in [0.1, 0.15) is 26.3 Å². The van der Waals surface area contributed by atoms with Crippen LogP contribution in [0.25, 0.3) is 22.4 Å². The van der Waals surface area contributed by atoms with Crippen LogP contribution >= 0.6 is 0 Å². The van der Waals surface area contributed by atoms with Gasteiger partial charge in [-0.15, -0.1) is 0 Å². The van der Waals surface area contributed by atoms with E-state index in [1.165, 1.54) is 5.56 Å². The molecular formula is C20H22N2O. The van der Waals surface area contributed by atoms with Crippen LogP contribution in [-0.4, -0.2) is 14.9 Å². The van der Waals surface area contributed by atoms with Crippen LogP contribution in [0.15, 0.2) is 54.6 Å². The van der Waals surface area contributed by atoms with Crippen molar-refractivity contribution in [3.05, 3.63) is 60.2 Å². The lowest BCUT2D eigenvalue weighted by molar-refractivity contribution is 0.296. The summed E-state index contributed by atoms with van der Waals surface area (Å²) in [5, 5.41) is 15.5. The molecule has 3 heteroatoms. The van der Waals surface area contributed by atoms with Crippen molar-refractivity contribution in [1.29, 1.82) is 0 Å². The smallest absolute Gasteiger partial charge is 0.218 e. The van der Waals surface area contributed by atoms with E-state index < -0.39 is 0 Å². The van der Waals surface area contributed by atoms with Crippen molar-refractivity contribution in [3.8, 4) is 28.3 Å².